The average molecular weight is 215 g/mol. The number of rotatable bonds is 4. The fraction of sp³-hybridized carbons (Fsp3) is 0.455. The Labute approximate surface area is 88.0 Å². The molecule has 0 bridgehead atoms. The molecule has 0 aliphatic rings. The van der Waals surface area contributed by atoms with Crippen LogP contribution in [0.1, 0.15) is 25.8 Å². The topological polar surface area (TPSA) is 35.2 Å². The van der Waals surface area contributed by atoms with Gasteiger partial charge in [-0.15, -0.1) is 0 Å². The number of ether oxygens (including phenoxy) is 1. The van der Waals surface area contributed by atoms with Crippen LogP contribution in [0.5, 0.6) is 5.75 Å². The first-order chi connectivity index (χ1) is 7.00. The molecule has 1 aromatic rings. The molecule has 0 saturated heterocycles. The van der Waals surface area contributed by atoms with E-state index in [2.05, 4.69) is 0 Å². The molecule has 0 unspecified atom stereocenters. The van der Waals surface area contributed by atoms with E-state index in [0.717, 1.165) is 0 Å². The third-order valence-electron chi connectivity index (χ3n) is 1.88. The van der Waals surface area contributed by atoms with Gasteiger partial charge in [0.1, 0.15) is 5.75 Å². The summed E-state index contributed by atoms with van der Waals surface area (Å²) in [5.41, 5.74) is 5.34. The predicted molar refractivity (Wildman–Crippen MR) is 56.1 cm³/mol. The van der Waals surface area contributed by atoms with Crippen LogP contribution in [0, 0.1) is 5.92 Å². The Balaban J connectivity index is 2.78. The number of hydrogen-bond donors (Lipinski definition) is 1. The molecule has 2 nitrogen and oxygen atoms in total. The van der Waals surface area contributed by atoms with Gasteiger partial charge in [0.25, 0.3) is 6.43 Å². The zero-order valence-corrected chi connectivity index (χ0v) is 8.84. The molecular weight excluding hydrogens is 200 g/mol. The van der Waals surface area contributed by atoms with Gasteiger partial charge in [-0.2, -0.15) is 0 Å². The lowest BCUT2D eigenvalue weighted by atomic mass is 10.2. The van der Waals surface area contributed by atoms with Gasteiger partial charge < -0.3 is 10.5 Å². The number of anilines is 1. The van der Waals surface area contributed by atoms with E-state index in [0.29, 0.717) is 18.3 Å². The van der Waals surface area contributed by atoms with Crippen molar-refractivity contribution in [3.8, 4) is 5.75 Å². The van der Waals surface area contributed by atoms with Gasteiger partial charge in [-0.3, -0.25) is 0 Å². The van der Waals surface area contributed by atoms with Crippen molar-refractivity contribution in [2.45, 2.75) is 20.3 Å². The third kappa shape index (κ3) is 3.38. The molecule has 0 radical (unpaired) electrons. The largest absolute Gasteiger partial charge is 0.493 e. The predicted octanol–water partition coefficient (Wildman–Crippen LogP) is 3.24. The summed E-state index contributed by atoms with van der Waals surface area (Å²) in [4.78, 5) is 0. The second kappa shape index (κ2) is 4.96. The van der Waals surface area contributed by atoms with Crippen molar-refractivity contribution in [3.63, 3.8) is 0 Å². The molecule has 1 rings (SSSR count). The first-order valence-corrected chi connectivity index (χ1v) is 4.81. The van der Waals surface area contributed by atoms with E-state index in [4.69, 9.17) is 10.5 Å². The minimum Gasteiger partial charge on any atom is -0.493 e. The molecule has 1 aromatic carbocycles. The van der Waals surface area contributed by atoms with Crippen molar-refractivity contribution in [1.82, 2.24) is 0 Å². The maximum atomic E-state index is 12.5. The normalized spacial score (nSPS) is 11.1. The number of nitrogen functional groups attached to an aromatic ring is 1. The Morgan fingerprint density at radius 2 is 2.00 bits per heavy atom. The van der Waals surface area contributed by atoms with Crippen LogP contribution in [-0.4, -0.2) is 6.61 Å². The van der Waals surface area contributed by atoms with Crippen LogP contribution in [0.4, 0.5) is 14.5 Å². The maximum Gasteiger partial charge on any atom is 0.265 e. The highest BCUT2D eigenvalue weighted by Crippen LogP contribution is 2.28. The fourth-order valence-corrected chi connectivity index (χ4v) is 1.09. The van der Waals surface area contributed by atoms with Crippen molar-refractivity contribution < 1.29 is 13.5 Å². The minimum atomic E-state index is -2.56. The van der Waals surface area contributed by atoms with E-state index in [1.54, 1.807) is 6.07 Å². The zero-order valence-electron chi connectivity index (χ0n) is 8.84. The van der Waals surface area contributed by atoms with Gasteiger partial charge in [-0.25, -0.2) is 8.78 Å². The van der Waals surface area contributed by atoms with Crippen molar-refractivity contribution >= 4 is 5.69 Å². The highest BCUT2D eigenvalue weighted by molar-refractivity contribution is 5.51. The highest BCUT2D eigenvalue weighted by Gasteiger charge is 2.12. The van der Waals surface area contributed by atoms with E-state index >= 15 is 0 Å². The lowest BCUT2D eigenvalue weighted by Crippen LogP contribution is -2.05. The molecule has 4 heteroatoms. The fourth-order valence-electron chi connectivity index (χ4n) is 1.09. The average Bonchev–Trinajstić information content (AvgIpc) is 2.16. The lowest BCUT2D eigenvalue weighted by Gasteiger charge is -2.11. The van der Waals surface area contributed by atoms with Crippen LogP contribution in [0.25, 0.3) is 0 Å². The van der Waals surface area contributed by atoms with Crippen LogP contribution in [0.3, 0.4) is 0 Å². The third-order valence-corrected chi connectivity index (χ3v) is 1.88. The quantitative estimate of drug-likeness (QED) is 0.782. The van der Waals surface area contributed by atoms with E-state index in [9.17, 15) is 8.78 Å². The Kier molecular flexibility index (Phi) is 3.88. The summed E-state index contributed by atoms with van der Waals surface area (Å²) in [6, 6.07) is 4.34. The highest BCUT2D eigenvalue weighted by atomic mass is 19.3. The van der Waals surface area contributed by atoms with Crippen LogP contribution in [0.15, 0.2) is 18.2 Å². The summed E-state index contributed by atoms with van der Waals surface area (Å²) < 4.78 is 30.3. The molecule has 84 valence electrons. The molecule has 0 saturated carbocycles. The summed E-state index contributed by atoms with van der Waals surface area (Å²) in [6.07, 6.45) is -2.56. The Morgan fingerprint density at radius 1 is 1.33 bits per heavy atom. The second-order valence-corrected chi connectivity index (χ2v) is 3.80. The Morgan fingerprint density at radius 3 is 2.53 bits per heavy atom. The van der Waals surface area contributed by atoms with E-state index in [1.165, 1.54) is 12.1 Å². The molecule has 0 aliphatic carbocycles. The monoisotopic (exact) mass is 215 g/mol. The molecule has 0 aromatic heterocycles. The molecule has 0 aliphatic heterocycles. The summed E-state index contributed by atoms with van der Waals surface area (Å²) in [5.74, 6) is 0.797. The molecule has 0 amide bonds. The van der Waals surface area contributed by atoms with Crippen molar-refractivity contribution in [2.75, 3.05) is 12.3 Å². The van der Waals surface area contributed by atoms with E-state index < -0.39 is 6.43 Å². The van der Waals surface area contributed by atoms with Gasteiger partial charge in [-0.1, -0.05) is 13.8 Å². The number of alkyl halides is 2. The van der Waals surface area contributed by atoms with Gasteiger partial charge in [0.15, 0.2) is 0 Å². The van der Waals surface area contributed by atoms with Crippen molar-refractivity contribution in [3.05, 3.63) is 23.8 Å². The van der Waals surface area contributed by atoms with Gasteiger partial charge in [-0.05, 0) is 24.1 Å². The smallest absolute Gasteiger partial charge is 0.265 e. The zero-order chi connectivity index (χ0) is 11.4. The maximum absolute atomic E-state index is 12.5. The molecule has 2 N–H and O–H groups in total. The van der Waals surface area contributed by atoms with Gasteiger partial charge in [0, 0.05) is 11.3 Å². The summed E-state index contributed by atoms with van der Waals surface area (Å²) in [7, 11) is 0. The van der Waals surface area contributed by atoms with Crippen LogP contribution in [-0.2, 0) is 0 Å². The standard InChI is InChI=1S/C11H15F2NO/c1-7(2)6-15-8-3-4-10(14)9(5-8)11(12)13/h3-5,7,11H,6,14H2,1-2H3. The summed E-state index contributed by atoms with van der Waals surface area (Å²) in [6.45, 7) is 4.49. The number of nitrogens with two attached hydrogens (primary N) is 1. The molecule has 15 heavy (non-hydrogen) atoms. The first-order valence-electron chi connectivity index (χ1n) is 4.81. The SMILES string of the molecule is CC(C)COc1ccc(N)c(C(F)F)c1. The van der Waals surface area contributed by atoms with Crippen molar-refractivity contribution in [2.24, 2.45) is 5.92 Å². The van der Waals surface area contributed by atoms with Crippen molar-refractivity contribution in [1.29, 1.82) is 0 Å². The van der Waals surface area contributed by atoms with Crippen LogP contribution in [0.2, 0.25) is 0 Å². The second-order valence-electron chi connectivity index (χ2n) is 3.80. The molecular formula is C11H15F2NO. The number of hydrogen-bond acceptors (Lipinski definition) is 2. The van der Waals surface area contributed by atoms with Gasteiger partial charge in [0.2, 0.25) is 0 Å². The van der Waals surface area contributed by atoms with Gasteiger partial charge >= 0.3 is 0 Å². The van der Waals surface area contributed by atoms with Crippen LogP contribution >= 0.6 is 0 Å². The molecule has 0 fully saturated rings. The molecule has 0 spiro atoms. The lowest BCUT2D eigenvalue weighted by molar-refractivity contribution is 0.151. The summed E-state index contributed by atoms with van der Waals surface area (Å²) >= 11 is 0. The van der Waals surface area contributed by atoms with E-state index in [1.807, 2.05) is 13.8 Å². The van der Waals surface area contributed by atoms with Gasteiger partial charge in [0.05, 0.1) is 6.61 Å². The summed E-state index contributed by atoms with van der Waals surface area (Å²) in [5, 5.41) is 0. The first kappa shape index (κ1) is 11.8. The Bertz CT molecular complexity index is 326. The van der Waals surface area contributed by atoms with Crippen LogP contribution < -0.4 is 10.5 Å². The number of benzene rings is 1. The van der Waals surface area contributed by atoms with E-state index in [-0.39, 0.29) is 11.3 Å². The number of halogens is 2. The molecule has 0 atom stereocenters. The minimum absolute atomic E-state index is 0.0990. The Hall–Kier alpha value is -1.32. The molecule has 0 heterocycles.